The molecular weight excluding hydrogens is 186 g/mol. The second kappa shape index (κ2) is 3.63. The van der Waals surface area contributed by atoms with Crippen LogP contribution in [0.4, 0.5) is 0 Å². The summed E-state index contributed by atoms with van der Waals surface area (Å²) in [7, 11) is 0. The number of fused-ring (bicyclic) bond motifs is 1. The Hall–Kier alpha value is -1.41. The van der Waals surface area contributed by atoms with Gasteiger partial charge in [-0.25, -0.2) is 0 Å². The van der Waals surface area contributed by atoms with Gasteiger partial charge in [-0.05, 0) is 18.9 Å². The summed E-state index contributed by atoms with van der Waals surface area (Å²) in [6, 6.07) is 10.4. The first kappa shape index (κ1) is 8.86. The number of benzene rings is 1. The summed E-state index contributed by atoms with van der Waals surface area (Å²) in [5.41, 5.74) is 2.33. The van der Waals surface area contributed by atoms with E-state index in [1.54, 1.807) is 0 Å². The lowest BCUT2D eigenvalue weighted by Gasteiger charge is -2.11. The zero-order valence-electron chi connectivity index (χ0n) is 8.52. The summed E-state index contributed by atoms with van der Waals surface area (Å²) >= 11 is 0. The highest BCUT2D eigenvalue weighted by Gasteiger charge is 2.19. The third kappa shape index (κ3) is 1.51. The minimum atomic E-state index is 0.253. The molecule has 0 radical (unpaired) electrons. The van der Waals surface area contributed by atoms with E-state index < -0.39 is 0 Å². The molecule has 1 aromatic heterocycles. The number of aromatic nitrogens is 1. The fourth-order valence-corrected chi connectivity index (χ4v) is 2.21. The lowest BCUT2D eigenvalue weighted by atomic mass is 10.0. The molecule has 0 amide bonds. The molecule has 1 aromatic carbocycles. The maximum atomic E-state index is 5.71. The Balaban J connectivity index is 2.16. The molecule has 0 aliphatic carbocycles. The van der Waals surface area contributed by atoms with Gasteiger partial charge in [-0.3, -0.25) is 4.98 Å². The van der Waals surface area contributed by atoms with Gasteiger partial charge in [0.1, 0.15) is 0 Å². The smallest absolute Gasteiger partial charge is 0.0846 e. The van der Waals surface area contributed by atoms with Crippen molar-refractivity contribution in [3.8, 4) is 0 Å². The maximum absolute atomic E-state index is 5.71. The molecule has 1 fully saturated rings. The van der Waals surface area contributed by atoms with E-state index in [1.807, 2.05) is 12.3 Å². The van der Waals surface area contributed by atoms with Crippen molar-refractivity contribution < 1.29 is 4.74 Å². The fraction of sp³-hybridized carbons (Fsp3) is 0.308. The molecule has 76 valence electrons. The van der Waals surface area contributed by atoms with Crippen LogP contribution in [-0.2, 0) is 4.74 Å². The SMILES string of the molecule is c1cnc2c([C@H]3CCCO3)cccc2c1. The molecule has 2 heterocycles. The highest BCUT2D eigenvalue weighted by Crippen LogP contribution is 2.32. The van der Waals surface area contributed by atoms with E-state index in [9.17, 15) is 0 Å². The van der Waals surface area contributed by atoms with Gasteiger partial charge in [0.15, 0.2) is 0 Å². The first-order valence-corrected chi connectivity index (χ1v) is 5.40. The molecule has 1 aliphatic rings. The third-order valence-corrected chi connectivity index (χ3v) is 2.94. The van der Waals surface area contributed by atoms with E-state index in [4.69, 9.17) is 4.74 Å². The number of ether oxygens (including phenoxy) is 1. The van der Waals surface area contributed by atoms with Crippen molar-refractivity contribution in [1.29, 1.82) is 0 Å². The Morgan fingerprint density at radius 1 is 1.20 bits per heavy atom. The Morgan fingerprint density at radius 3 is 3.00 bits per heavy atom. The quantitative estimate of drug-likeness (QED) is 0.704. The summed E-state index contributed by atoms with van der Waals surface area (Å²) in [5, 5.41) is 1.20. The molecular formula is C13H13NO. The van der Waals surface area contributed by atoms with E-state index in [0.717, 1.165) is 25.0 Å². The Kier molecular flexibility index (Phi) is 2.14. The zero-order valence-corrected chi connectivity index (χ0v) is 8.52. The number of pyridine rings is 1. The van der Waals surface area contributed by atoms with Crippen LogP contribution in [0.15, 0.2) is 36.5 Å². The number of rotatable bonds is 1. The van der Waals surface area contributed by atoms with Crippen molar-refractivity contribution in [1.82, 2.24) is 4.98 Å². The van der Waals surface area contributed by atoms with Crippen molar-refractivity contribution in [3.05, 3.63) is 42.1 Å². The average molecular weight is 199 g/mol. The van der Waals surface area contributed by atoms with Crippen LogP contribution in [0.3, 0.4) is 0 Å². The van der Waals surface area contributed by atoms with Crippen molar-refractivity contribution in [2.24, 2.45) is 0 Å². The number of hydrogen-bond acceptors (Lipinski definition) is 2. The Labute approximate surface area is 88.9 Å². The highest BCUT2D eigenvalue weighted by molar-refractivity contribution is 5.81. The second-order valence-electron chi connectivity index (χ2n) is 3.92. The molecule has 2 heteroatoms. The van der Waals surface area contributed by atoms with E-state index >= 15 is 0 Å². The van der Waals surface area contributed by atoms with Crippen molar-refractivity contribution in [2.75, 3.05) is 6.61 Å². The van der Waals surface area contributed by atoms with Gasteiger partial charge in [-0.1, -0.05) is 24.3 Å². The summed E-state index contributed by atoms with van der Waals surface area (Å²) in [6.07, 6.45) is 4.38. The minimum absolute atomic E-state index is 0.253. The van der Waals surface area contributed by atoms with Gasteiger partial charge in [0, 0.05) is 23.8 Å². The van der Waals surface area contributed by atoms with Gasteiger partial charge in [0.25, 0.3) is 0 Å². The van der Waals surface area contributed by atoms with E-state index in [1.165, 1.54) is 10.9 Å². The fourth-order valence-electron chi connectivity index (χ4n) is 2.21. The van der Waals surface area contributed by atoms with E-state index in [2.05, 4.69) is 29.2 Å². The summed E-state index contributed by atoms with van der Waals surface area (Å²) in [4.78, 5) is 4.45. The summed E-state index contributed by atoms with van der Waals surface area (Å²) in [6.45, 7) is 0.883. The lowest BCUT2D eigenvalue weighted by Crippen LogP contribution is -1.97. The van der Waals surface area contributed by atoms with Crippen LogP contribution in [-0.4, -0.2) is 11.6 Å². The molecule has 15 heavy (non-hydrogen) atoms. The molecule has 2 nitrogen and oxygen atoms in total. The maximum Gasteiger partial charge on any atom is 0.0846 e. The normalized spacial score (nSPS) is 20.9. The van der Waals surface area contributed by atoms with Crippen LogP contribution in [0.2, 0.25) is 0 Å². The standard InChI is InChI=1S/C13H13NO/c1-4-10-5-2-8-14-13(10)11(6-1)12-7-3-9-15-12/h1-2,4-6,8,12H,3,7,9H2/t12-/m1/s1. The van der Waals surface area contributed by atoms with Gasteiger partial charge in [-0.15, -0.1) is 0 Å². The summed E-state index contributed by atoms with van der Waals surface area (Å²) in [5.74, 6) is 0. The molecule has 0 unspecified atom stereocenters. The lowest BCUT2D eigenvalue weighted by molar-refractivity contribution is 0.113. The monoisotopic (exact) mass is 199 g/mol. The van der Waals surface area contributed by atoms with E-state index in [-0.39, 0.29) is 6.10 Å². The predicted octanol–water partition coefficient (Wildman–Crippen LogP) is 3.09. The van der Waals surface area contributed by atoms with Crippen molar-refractivity contribution in [2.45, 2.75) is 18.9 Å². The Morgan fingerprint density at radius 2 is 2.13 bits per heavy atom. The van der Waals surface area contributed by atoms with Crippen LogP contribution in [0.25, 0.3) is 10.9 Å². The zero-order chi connectivity index (χ0) is 10.1. The molecule has 3 rings (SSSR count). The van der Waals surface area contributed by atoms with Gasteiger partial charge >= 0.3 is 0 Å². The Bertz CT molecular complexity index is 469. The number of hydrogen-bond donors (Lipinski definition) is 0. The van der Waals surface area contributed by atoms with Crippen LogP contribution in [0.5, 0.6) is 0 Å². The molecule has 0 saturated carbocycles. The van der Waals surface area contributed by atoms with Gasteiger partial charge < -0.3 is 4.74 Å². The van der Waals surface area contributed by atoms with Crippen LogP contribution >= 0.6 is 0 Å². The van der Waals surface area contributed by atoms with Gasteiger partial charge in [0.2, 0.25) is 0 Å². The predicted molar refractivity (Wildman–Crippen MR) is 59.7 cm³/mol. The highest BCUT2D eigenvalue weighted by atomic mass is 16.5. The first-order chi connectivity index (χ1) is 7.45. The molecule has 1 atom stereocenters. The first-order valence-electron chi connectivity index (χ1n) is 5.40. The molecule has 1 saturated heterocycles. The van der Waals surface area contributed by atoms with Crippen molar-refractivity contribution >= 4 is 10.9 Å². The van der Waals surface area contributed by atoms with Crippen molar-refractivity contribution in [3.63, 3.8) is 0 Å². The minimum Gasteiger partial charge on any atom is -0.373 e. The van der Waals surface area contributed by atoms with E-state index in [0.29, 0.717) is 0 Å². The van der Waals surface area contributed by atoms with Gasteiger partial charge in [0.05, 0.1) is 11.6 Å². The number of nitrogens with zero attached hydrogens (tertiary/aromatic N) is 1. The third-order valence-electron chi connectivity index (χ3n) is 2.94. The molecule has 0 bridgehead atoms. The second-order valence-corrected chi connectivity index (χ2v) is 3.92. The van der Waals surface area contributed by atoms with Crippen LogP contribution in [0.1, 0.15) is 24.5 Å². The van der Waals surface area contributed by atoms with Crippen LogP contribution in [0, 0.1) is 0 Å². The summed E-state index contributed by atoms with van der Waals surface area (Å²) < 4.78 is 5.71. The molecule has 1 aliphatic heterocycles. The molecule has 0 N–H and O–H groups in total. The molecule has 0 spiro atoms. The largest absolute Gasteiger partial charge is 0.373 e. The molecule has 2 aromatic rings. The topological polar surface area (TPSA) is 22.1 Å². The average Bonchev–Trinajstić information content (AvgIpc) is 2.82. The van der Waals surface area contributed by atoms with Crippen LogP contribution < -0.4 is 0 Å². The number of para-hydroxylation sites is 1. The van der Waals surface area contributed by atoms with Gasteiger partial charge in [-0.2, -0.15) is 0 Å².